The number of rotatable bonds is 2. The summed E-state index contributed by atoms with van der Waals surface area (Å²) in [5.41, 5.74) is 6.97. The summed E-state index contributed by atoms with van der Waals surface area (Å²) in [5, 5.41) is 0. The number of imidazole rings is 1. The van der Waals surface area contributed by atoms with Crippen LogP contribution in [-0.2, 0) is 5.54 Å². The smallest absolute Gasteiger partial charge is 0.159 e. The van der Waals surface area contributed by atoms with Crippen molar-refractivity contribution in [2.45, 2.75) is 46.1 Å². The highest BCUT2D eigenvalue weighted by molar-refractivity contribution is 5.71. The number of nitrogen functional groups attached to an aromatic ring is 1. The summed E-state index contributed by atoms with van der Waals surface area (Å²) >= 11 is 0. The lowest BCUT2D eigenvalue weighted by Gasteiger charge is -2.26. The van der Waals surface area contributed by atoms with Gasteiger partial charge in [0.05, 0.1) is 0 Å². The van der Waals surface area contributed by atoms with Crippen molar-refractivity contribution in [2.75, 3.05) is 5.73 Å². The Balaban J connectivity index is 2.68. The molecule has 1 aromatic carbocycles. The molecule has 0 unspecified atom stereocenters. The summed E-state index contributed by atoms with van der Waals surface area (Å²) in [6.45, 7) is 10.2. The van der Waals surface area contributed by atoms with Gasteiger partial charge in [-0.3, -0.25) is 0 Å². The van der Waals surface area contributed by atoms with Gasteiger partial charge >= 0.3 is 0 Å². The molecular weight excluding hydrogens is 272 g/mol. The molecule has 0 fully saturated rings. The minimum atomic E-state index is -0.900. The van der Waals surface area contributed by atoms with Crippen molar-refractivity contribution in [1.82, 2.24) is 9.55 Å². The van der Waals surface area contributed by atoms with Gasteiger partial charge in [0.25, 0.3) is 0 Å². The van der Waals surface area contributed by atoms with Crippen molar-refractivity contribution in [3.05, 3.63) is 35.7 Å². The van der Waals surface area contributed by atoms with Gasteiger partial charge in [-0.15, -0.1) is 0 Å². The van der Waals surface area contributed by atoms with E-state index in [1.165, 1.54) is 6.07 Å². The maximum atomic E-state index is 13.4. The van der Waals surface area contributed by atoms with Gasteiger partial charge in [0.2, 0.25) is 0 Å². The predicted octanol–water partition coefficient (Wildman–Crippen LogP) is 4.29. The first-order valence-electron chi connectivity index (χ1n) is 6.97. The van der Waals surface area contributed by atoms with Gasteiger partial charge in [-0.05, 0) is 39.0 Å². The highest BCUT2D eigenvalue weighted by Gasteiger charge is 2.26. The van der Waals surface area contributed by atoms with E-state index >= 15 is 0 Å². The van der Waals surface area contributed by atoms with Crippen LogP contribution in [0.15, 0.2) is 18.2 Å². The molecule has 0 aliphatic carbocycles. The van der Waals surface area contributed by atoms with Crippen molar-refractivity contribution in [3.8, 4) is 11.3 Å². The third kappa shape index (κ3) is 2.77. The second-order valence-electron chi connectivity index (χ2n) is 6.49. The first-order chi connectivity index (χ1) is 9.62. The molecule has 0 saturated heterocycles. The fourth-order valence-corrected chi connectivity index (χ4v) is 2.40. The Morgan fingerprint density at radius 3 is 2.19 bits per heavy atom. The summed E-state index contributed by atoms with van der Waals surface area (Å²) in [6.07, 6.45) is 0. The minimum absolute atomic E-state index is 0.172. The third-order valence-corrected chi connectivity index (χ3v) is 3.32. The number of nitrogens with zero attached hydrogens (tertiary/aromatic N) is 2. The zero-order chi connectivity index (χ0) is 15.9. The van der Waals surface area contributed by atoms with Gasteiger partial charge < -0.3 is 10.3 Å². The standard InChI is InChI=1S/C16H21F2N3/c1-9(2)15-20-13(14(19)21(15)16(3,4)5)10-6-7-11(17)12(18)8-10/h6-9H,19H2,1-5H3. The van der Waals surface area contributed by atoms with Gasteiger partial charge in [0, 0.05) is 17.0 Å². The van der Waals surface area contributed by atoms with Gasteiger partial charge in [-0.25, -0.2) is 13.8 Å². The Hall–Kier alpha value is -1.91. The highest BCUT2D eigenvalue weighted by atomic mass is 19.2. The quantitative estimate of drug-likeness (QED) is 0.897. The number of nitrogens with two attached hydrogens (primary N) is 1. The van der Waals surface area contributed by atoms with Crippen molar-refractivity contribution >= 4 is 5.82 Å². The van der Waals surface area contributed by atoms with Crippen LogP contribution < -0.4 is 5.73 Å². The van der Waals surface area contributed by atoms with E-state index in [0.717, 1.165) is 18.0 Å². The summed E-state index contributed by atoms with van der Waals surface area (Å²) in [4.78, 5) is 4.57. The van der Waals surface area contributed by atoms with E-state index in [1.807, 2.05) is 39.2 Å². The van der Waals surface area contributed by atoms with Crippen LogP contribution in [0.1, 0.15) is 46.4 Å². The highest BCUT2D eigenvalue weighted by Crippen LogP contribution is 2.34. The van der Waals surface area contributed by atoms with E-state index in [2.05, 4.69) is 4.98 Å². The second-order valence-corrected chi connectivity index (χ2v) is 6.49. The lowest BCUT2D eigenvalue weighted by Crippen LogP contribution is -2.26. The monoisotopic (exact) mass is 293 g/mol. The second kappa shape index (κ2) is 5.13. The summed E-state index contributed by atoms with van der Waals surface area (Å²) in [7, 11) is 0. The van der Waals surface area contributed by atoms with Crippen LogP contribution in [0.25, 0.3) is 11.3 Å². The first kappa shape index (κ1) is 15.5. The van der Waals surface area contributed by atoms with Crippen LogP contribution in [0.2, 0.25) is 0 Å². The number of hydrogen-bond acceptors (Lipinski definition) is 2. The Labute approximate surface area is 123 Å². The molecule has 3 nitrogen and oxygen atoms in total. The molecule has 2 aromatic rings. The molecule has 0 aliphatic rings. The van der Waals surface area contributed by atoms with Gasteiger partial charge in [-0.1, -0.05) is 13.8 Å². The maximum Gasteiger partial charge on any atom is 0.159 e. The van der Waals surface area contributed by atoms with Crippen molar-refractivity contribution < 1.29 is 8.78 Å². The fourth-order valence-electron chi connectivity index (χ4n) is 2.40. The molecule has 0 saturated carbocycles. The molecule has 0 radical (unpaired) electrons. The van der Waals surface area contributed by atoms with Crippen LogP contribution in [0, 0.1) is 11.6 Å². The molecule has 0 aliphatic heterocycles. The number of aromatic nitrogens is 2. The largest absolute Gasteiger partial charge is 0.383 e. The molecule has 0 bridgehead atoms. The van der Waals surface area contributed by atoms with Crippen LogP contribution in [-0.4, -0.2) is 9.55 Å². The Bertz CT molecular complexity index is 667. The Morgan fingerprint density at radius 1 is 1.14 bits per heavy atom. The number of anilines is 1. The number of benzene rings is 1. The average Bonchev–Trinajstić information content (AvgIpc) is 2.70. The topological polar surface area (TPSA) is 43.8 Å². The predicted molar refractivity (Wildman–Crippen MR) is 81.1 cm³/mol. The summed E-state index contributed by atoms with van der Waals surface area (Å²) < 4.78 is 28.5. The zero-order valence-electron chi connectivity index (χ0n) is 13.0. The fraction of sp³-hybridized carbons (Fsp3) is 0.438. The molecule has 0 spiro atoms. The van der Waals surface area contributed by atoms with Crippen LogP contribution in [0.5, 0.6) is 0 Å². The Morgan fingerprint density at radius 2 is 1.76 bits per heavy atom. The molecule has 1 aromatic heterocycles. The average molecular weight is 293 g/mol. The van der Waals surface area contributed by atoms with Crippen molar-refractivity contribution in [1.29, 1.82) is 0 Å². The number of hydrogen-bond donors (Lipinski definition) is 1. The molecule has 2 rings (SSSR count). The van der Waals surface area contributed by atoms with E-state index in [0.29, 0.717) is 17.1 Å². The number of halogens is 2. The van der Waals surface area contributed by atoms with E-state index < -0.39 is 11.6 Å². The molecule has 1 heterocycles. The molecule has 114 valence electrons. The summed E-state index contributed by atoms with van der Waals surface area (Å²) in [5.74, 6) is -0.303. The third-order valence-electron chi connectivity index (χ3n) is 3.32. The van der Waals surface area contributed by atoms with Crippen molar-refractivity contribution in [2.24, 2.45) is 0 Å². The van der Waals surface area contributed by atoms with Gasteiger partial charge in [-0.2, -0.15) is 0 Å². The first-order valence-corrected chi connectivity index (χ1v) is 6.97. The molecule has 5 heteroatoms. The normalized spacial score (nSPS) is 12.2. The minimum Gasteiger partial charge on any atom is -0.383 e. The molecule has 2 N–H and O–H groups in total. The molecule has 0 amide bonds. The van der Waals surface area contributed by atoms with Crippen LogP contribution >= 0.6 is 0 Å². The van der Waals surface area contributed by atoms with E-state index in [9.17, 15) is 8.78 Å². The van der Waals surface area contributed by atoms with Crippen molar-refractivity contribution in [3.63, 3.8) is 0 Å². The van der Waals surface area contributed by atoms with Crippen LogP contribution in [0.3, 0.4) is 0 Å². The lowest BCUT2D eigenvalue weighted by molar-refractivity contribution is 0.382. The van der Waals surface area contributed by atoms with Crippen LogP contribution in [0.4, 0.5) is 14.6 Å². The lowest BCUT2D eigenvalue weighted by atomic mass is 10.1. The maximum absolute atomic E-state index is 13.4. The SMILES string of the molecule is CC(C)c1nc(-c2ccc(F)c(F)c2)c(N)n1C(C)(C)C. The molecular formula is C16H21F2N3. The van der Waals surface area contributed by atoms with Gasteiger partial charge in [0.1, 0.15) is 17.3 Å². The summed E-state index contributed by atoms with van der Waals surface area (Å²) in [6, 6.07) is 3.72. The van der Waals surface area contributed by atoms with Gasteiger partial charge in [0.15, 0.2) is 11.6 Å². The van der Waals surface area contributed by atoms with E-state index in [-0.39, 0.29) is 11.5 Å². The molecule has 0 atom stereocenters. The Kier molecular flexibility index (Phi) is 3.78. The zero-order valence-corrected chi connectivity index (χ0v) is 13.0. The van der Waals surface area contributed by atoms with E-state index in [4.69, 9.17) is 5.73 Å². The van der Waals surface area contributed by atoms with E-state index in [1.54, 1.807) is 0 Å². The molecule has 21 heavy (non-hydrogen) atoms.